The first-order valence-corrected chi connectivity index (χ1v) is 10.9. The van der Waals surface area contributed by atoms with Crippen molar-refractivity contribution in [2.24, 2.45) is 0 Å². The van der Waals surface area contributed by atoms with E-state index < -0.39 is 17.7 Å². The van der Waals surface area contributed by atoms with E-state index in [1.54, 1.807) is 33.1 Å². The number of benzene rings is 1. The Labute approximate surface area is 192 Å². The number of aryl methyl sites for hydroxylation is 2. The summed E-state index contributed by atoms with van der Waals surface area (Å²) in [7, 11) is 1.57. The van der Waals surface area contributed by atoms with E-state index in [-0.39, 0.29) is 11.3 Å². The van der Waals surface area contributed by atoms with Gasteiger partial charge in [0.05, 0.1) is 43.2 Å². The molecule has 0 radical (unpaired) electrons. The van der Waals surface area contributed by atoms with Crippen LogP contribution in [0.2, 0.25) is 0 Å². The molecule has 2 fully saturated rings. The fraction of sp³-hybridized carbons (Fsp3) is 0.417. The van der Waals surface area contributed by atoms with Crippen LogP contribution in [0.5, 0.6) is 5.75 Å². The predicted octanol–water partition coefficient (Wildman–Crippen LogP) is 1.86. The van der Waals surface area contributed by atoms with Gasteiger partial charge in [0.2, 0.25) is 0 Å². The van der Waals surface area contributed by atoms with Crippen molar-refractivity contribution < 1.29 is 24.2 Å². The minimum atomic E-state index is -0.724. The number of likely N-dealkylation sites (tertiary alicyclic amines) is 1. The number of ketones is 1. The lowest BCUT2D eigenvalue weighted by Crippen LogP contribution is -2.42. The largest absolute Gasteiger partial charge is 0.507 e. The molecule has 1 atom stereocenters. The fourth-order valence-corrected chi connectivity index (χ4v) is 4.28. The molecule has 2 saturated heterocycles. The molecule has 3 heterocycles. The number of hydrogen-bond acceptors (Lipinski definition) is 8. The Balaban J connectivity index is 1.75. The summed E-state index contributed by atoms with van der Waals surface area (Å²) in [6.07, 6.45) is 1.49. The van der Waals surface area contributed by atoms with Crippen LogP contribution in [0.1, 0.15) is 28.7 Å². The van der Waals surface area contributed by atoms with Crippen molar-refractivity contribution >= 4 is 17.4 Å². The molecule has 0 saturated carbocycles. The lowest BCUT2D eigenvalue weighted by molar-refractivity contribution is -0.140. The summed E-state index contributed by atoms with van der Waals surface area (Å²) in [5.41, 5.74) is 1.63. The van der Waals surface area contributed by atoms with Gasteiger partial charge in [-0.15, -0.1) is 0 Å². The normalized spacial score (nSPS) is 20.9. The number of carbonyl (C=O) groups is 2. The van der Waals surface area contributed by atoms with Crippen LogP contribution >= 0.6 is 0 Å². The van der Waals surface area contributed by atoms with Crippen molar-refractivity contribution in [2.75, 3.05) is 46.5 Å². The van der Waals surface area contributed by atoms with Gasteiger partial charge >= 0.3 is 0 Å². The first kappa shape index (κ1) is 22.9. The molecule has 0 bridgehead atoms. The smallest absolute Gasteiger partial charge is 0.295 e. The third-order valence-electron chi connectivity index (χ3n) is 6.09. The molecule has 9 heteroatoms. The average molecular weight is 453 g/mol. The second kappa shape index (κ2) is 9.68. The second-order valence-electron chi connectivity index (χ2n) is 8.14. The molecule has 0 spiro atoms. The SMILES string of the molecule is COc1ccc([C@H]2C(=C(O)c3cnc(C)nc3C)C(=O)C(=O)N2CCN2CCOCC2)cc1. The predicted molar refractivity (Wildman–Crippen MR) is 121 cm³/mol. The summed E-state index contributed by atoms with van der Waals surface area (Å²) in [6, 6.07) is 6.44. The Hall–Kier alpha value is -3.30. The molecule has 2 aliphatic heterocycles. The highest BCUT2D eigenvalue weighted by atomic mass is 16.5. The van der Waals surface area contributed by atoms with Crippen LogP contribution in [0.3, 0.4) is 0 Å². The number of amides is 1. The molecule has 2 aromatic rings. The van der Waals surface area contributed by atoms with Gasteiger partial charge in [0.25, 0.3) is 11.7 Å². The molecule has 1 aromatic carbocycles. The molecule has 2 aliphatic rings. The Bertz CT molecular complexity index is 1080. The molecule has 4 rings (SSSR count). The van der Waals surface area contributed by atoms with Crippen LogP contribution in [0.25, 0.3) is 5.76 Å². The third kappa shape index (κ3) is 4.60. The van der Waals surface area contributed by atoms with Gasteiger partial charge in [0.15, 0.2) is 0 Å². The summed E-state index contributed by atoms with van der Waals surface area (Å²) in [5, 5.41) is 11.2. The molecular formula is C24H28N4O5. The molecule has 174 valence electrons. The number of aliphatic hydroxyl groups excluding tert-OH is 1. The summed E-state index contributed by atoms with van der Waals surface area (Å²) in [5.74, 6) is -0.388. The zero-order chi connectivity index (χ0) is 23.5. The van der Waals surface area contributed by atoms with E-state index in [0.29, 0.717) is 54.7 Å². The van der Waals surface area contributed by atoms with Crippen molar-refractivity contribution in [3.8, 4) is 5.75 Å². The Morgan fingerprint density at radius 3 is 2.48 bits per heavy atom. The van der Waals surface area contributed by atoms with Gasteiger partial charge in [-0.05, 0) is 31.5 Å². The van der Waals surface area contributed by atoms with E-state index in [1.165, 1.54) is 11.1 Å². The van der Waals surface area contributed by atoms with E-state index in [9.17, 15) is 14.7 Å². The van der Waals surface area contributed by atoms with E-state index in [4.69, 9.17) is 9.47 Å². The van der Waals surface area contributed by atoms with Gasteiger partial charge in [-0.25, -0.2) is 9.97 Å². The number of aromatic nitrogens is 2. The molecule has 9 nitrogen and oxygen atoms in total. The molecule has 0 unspecified atom stereocenters. The van der Waals surface area contributed by atoms with Crippen LogP contribution in [-0.2, 0) is 14.3 Å². The Kier molecular flexibility index (Phi) is 6.71. The van der Waals surface area contributed by atoms with E-state index in [1.807, 2.05) is 12.1 Å². The lowest BCUT2D eigenvalue weighted by atomic mass is 9.95. The maximum Gasteiger partial charge on any atom is 0.295 e. The summed E-state index contributed by atoms with van der Waals surface area (Å²) in [6.45, 7) is 7.28. The van der Waals surface area contributed by atoms with Crippen molar-refractivity contribution in [3.05, 3.63) is 58.7 Å². The van der Waals surface area contributed by atoms with Crippen molar-refractivity contribution in [1.82, 2.24) is 19.8 Å². The van der Waals surface area contributed by atoms with Crippen LogP contribution < -0.4 is 4.74 Å². The maximum atomic E-state index is 13.2. The van der Waals surface area contributed by atoms with E-state index in [0.717, 1.165) is 13.1 Å². The van der Waals surface area contributed by atoms with Crippen LogP contribution in [-0.4, -0.2) is 83.1 Å². The molecule has 33 heavy (non-hydrogen) atoms. The van der Waals surface area contributed by atoms with Crippen LogP contribution in [0.4, 0.5) is 0 Å². The van der Waals surface area contributed by atoms with Crippen molar-refractivity contribution in [2.45, 2.75) is 19.9 Å². The number of hydrogen-bond donors (Lipinski definition) is 1. The van der Waals surface area contributed by atoms with Gasteiger partial charge < -0.3 is 19.5 Å². The molecule has 1 amide bonds. The highest BCUT2D eigenvalue weighted by Crippen LogP contribution is 2.40. The maximum absolute atomic E-state index is 13.2. The summed E-state index contributed by atoms with van der Waals surface area (Å²) >= 11 is 0. The zero-order valence-electron chi connectivity index (χ0n) is 19.1. The van der Waals surface area contributed by atoms with Gasteiger partial charge in [-0.3, -0.25) is 14.5 Å². The van der Waals surface area contributed by atoms with Gasteiger partial charge in [-0.2, -0.15) is 0 Å². The van der Waals surface area contributed by atoms with E-state index >= 15 is 0 Å². The molecule has 1 aromatic heterocycles. The number of carbonyl (C=O) groups excluding carboxylic acids is 2. The van der Waals surface area contributed by atoms with Gasteiger partial charge in [0, 0.05) is 32.4 Å². The number of rotatable bonds is 6. The standard InChI is InChI=1S/C24H28N4O5/c1-15-19(14-25-16(2)26-15)22(29)20-21(17-4-6-18(32-3)7-5-17)28(24(31)23(20)30)9-8-27-10-12-33-13-11-27/h4-7,14,21,29H,8-13H2,1-3H3/t21-/m0/s1. The highest BCUT2D eigenvalue weighted by molar-refractivity contribution is 6.46. The monoisotopic (exact) mass is 452 g/mol. The van der Waals surface area contributed by atoms with Gasteiger partial charge in [0.1, 0.15) is 17.3 Å². The Morgan fingerprint density at radius 2 is 1.85 bits per heavy atom. The summed E-state index contributed by atoms with van der Waals surface area (Å²) < 4.78 is 10.7. The minimum absolute atomic E-state index is 0.0442. The van der Waals surface area contributed by atoms with Gasteiger partial charge in [-0.1, -0.05) is 12.1 Å². The van der Waals surface area contributed by atoms with E-state index in [2.05, 4.69) is 14.9 Å². The number of ether oxygens (including phenoxy) is 2. The fourth-order valence-electron chi connectivity index (χ4n) is 4.28. The quantitative estimate of drug-likeness (QED) is 0.402. The number of nitrogens with zero attached hydrogens (tertiary/aromatic N) is 4. The van der Waals surface area contributed by atoms with Crippen LogP contribution in [0.15, 0.2) is 36.0 Å². The first-order valence-electron chi connectivity index (χ1n) is 10.9. The first-order chi connectivity index (χ1) is 15.9. The number of morpholine rings is 1. The highest BCUT2D eigenvalue weighted by Gasteiger charge is 2.46. The number of aliphatic hydroxyl groups is 1. The molecular weight excluding hydrogens is 424 g/mol. The Morgan fingerprint density at radius 1 is 1.15 bits per heavy atom. The van der Waals surface area contributed by atoms with Crippen molar-refractivity contribution in [1.29, 1.82) is 0 Å². The second-order valence-corrected chi connectivity index (χ2v) is 8.14. The number of methoxy groups -OCH3 is 1. The zero-order valence-corrected chi connectivity index (χ0v) is 19.1. The van der Waals surface area contributed by atoms with Crippen LogP contribution in [0, 0.1) is 13.8 Å². The molecule has 1 N–H and O–H groups in total. The number of Topliss-reactive ketones (excluding diaryl/α,β-unsaturated/α-hetero) is 1. The lowest BCUT2D eigenvalue weighted by Gasteiger charge is -2.31. The topological polar surface area (TPSA) is 105 Å². The molecule has 0 aliphatic carbocycles. The summed E-state index contributed by atoms with van der Waals surface area (Å²) in [4.78, 5) is 38.5. The van der Waals surface area contributed by atoms with Crippen molar-refractivity contribution in [3.63, 3.8) is 0 Å². The minimum Gasteiger partial charge on any atom is -0.507 e. The average Bonchev–Trinajstić information content (AvgIpc) is 3.08. The third-order valence-corrected chi connectivity index (χ3v) is 6.09.